The summed E-state index contributed by atoms with van der Waals surface area (Å²) in [5.74, 6) is -0.810. The van der Waals surface area contributed by atoms with Crippen LogP contribution in [-0.2, 0) is 31.9 Å². The van der Waals surface area contributed by atoms with Crippen LogP contribution in [0, 0.1) is 0 Å². The van der Waals surface area contributed by atoms with Crippen molar-refractivity contribution in [2.24, 2.45) is 0 Å². The van der Waals surface area contributed by atoms with Gasteiger partial charge in [0.05, 0.1) is 30.2 Å². The lowest BCUT2D eigenvalue weighted by molar-refractivity contribution is -0.154. The van der Waals surface area contributed by atoms with E-state index in [-0.39, 0.29) is 12.8 Å². The Morgan fingerprint density at radius 3 is 2.52 bits per heavy atom. The lowest BCUT2D eigenvalue weighted by atomic mass is 10.1. The van der Waals surface area contributed by atoms with Gasteiger partial charge in [0.2, 0.25) is 0 Å². The Balaban J connectivity index is 2.07. The third kappa shape index (κ3) is 6.25. The molecule has 1 unspecified atom stereocenters. The number of benzene rings is 1. The van der Waals surface area contributed by atoms with Gasteiger partial charge in [0.25, 0.3) is 0 Å². The number of carbonyl (C=O) groups is 2. The molecule has 0 bridgehead atoms. The van der Waals surface area contributed by atoms with Crippen LogP contribution in [0.1, 0.15) is 42.6 Å². The summed E-state index contributed by atoms with van der Waals surface area (Å²) in [4.78, 5) is 28.5. The minimum Gasteiger partial charge on any atom is -0.466 e. The Hall–Kier alpha value is -1.73. The molecule has 0 aliphatic heterocycles. The number of halogens is 1. The van der Waals surface area contributed by atoms with E-state index < -0.39 is 18.0 Å². The molecule has 0 N–H and O–H groups in total. The number of thiazole rings is 1. The first-order chi connectivity index (χ1) is 12.0. The van der Waals surface area contributed by atoms with Gasteiger partial charge < -0.3 is 9.47 Å². The number of aryl methyl sites for hydroxylation is 1. The fraction of sp³-hybridized carbons (Fsp3) is 0.389. The van der Waals surface area contributed by atoms with Crippen molar-refractivity contribution in [2.45, 2.75) is 39.2 Å². The zero-order valence-electron chi connectivity index (χ0n) is 14.2. The maximum atomic E-state index is 12.3. The van der Waals surface area contributed by atoms with E-state index in [1.807, 2.05) is 36.6 Å². The summed E-state index contributed by atoms with van der Waals surface area (Å²) < 4.78 is 11.4. The van der Waals surface area contributed by atoms with Gasteiger partial charge in [0, 0.05) is 9.85 Å². The summed E-state index contributed by atoms with van der Waals surface area (Å²) in [6, 6.07) is 7.32. The van der Waals surface area contributed by atoms with Gasteiger partial charge in [-0.3, -0.25) is 9.59 Å². The predicted octanol–water partition coefficient (Wildman–Crippen LogP) is 4.25. The summed E-state index contributed by atoms with van der Waals surface area (Å²) in [6.45, 7) is 4.05. The zero-order valence-corrected chi connectivity index (χ0v) is 16.6. The Morgan fingerprint density at radius 2 is 1.92 bits per heavy atom. The van der Waals surface area contributed by atoms with Gasteiger partial charge in [-0.15, -0.1) is 11.3 Å². The minimum absolute atomic E-state index is 0.0154. The van der Waals surface area contributed by atoms with Crippen LogP contribution in [-0.4, -0.2) is 23.5 Å². The Kier molecular flexibility index (Phi) is 7.58. The molecule has 0 saturated carbocycles. The second kappa shape index (κ2) is 9.68. The molecule has 2 rings (SSSR count). The second-order valence-corrected chi connectivity index (χ2v) is 7.16. The van der Waals surface area contributed by atoms with E-state index in [2.05, 4.69) is 20.9 Å². The van der Waals surface area contributed by atoms with Crippen molar-refractivity contribution < 1.29 is 19.1 Å². The maximum Gasteiger partial charge on any atom is 0.312 e. The monoisotopic (exact) mass is 425 g/mol. The minimum atomic E-state index is -0.677. The molecular formula is C18H20BrNO4S. The van der Waals surface area contributed by atoms with Crippen molar-refractivity contribution in [3.8, 4) is 0 Å². The molecule has 0 radical (unpaired) electrons. The molecule has 0 spiro atoms. The Morgan fingerprint density at radius 1 is 1.20 bits per heavy atom. The van der Waals surface area contributed by atoms with Gasteiger partial charge in [-0.25, -0.2) is 4.98 Å². The molecule has 0 aliphatic rings. The molecule has 0 fully saturated rings. The smallest absolute Gasteiger partial charge is 0.312 e. The van der Waals surface area contributed by atoms with E-state index in [1.54, 1.807) is 6.92 Å². The lowest BCUT2D eigenvalue weighted by Crippen LogP contribution is -2.18. The summed E-state index contributed by atoms with van der Waals surface area (Å²) in [5, 5.41) is 2.85. The van der Waals surface area contributed by atoms with Gasteiger partial charge in [-0.05, 0) is 31.0 Å². The third-order valence-electron chi connectivity index (χ3n) is 3.40. The van der Waals surface area contributed by atoms with Crippen LogP contribution in [0.25, 0.3) is 0 Å². The van der Waals surface area contributed by atoms with Crippen LogP contribution in [0.2, 0.25) is 0 Å². The van der Waals surface area contributed by atoms with Gasteiger partial charge in [-0.2, -0.15) is 0 Å². The van der Waals surface area contributed by atoms with E-state index in [0.29, 0.717) is 12.3 Å². The van der Waals surface area contributed by atoms with Gasteiger partial charge in [0.15, 0.2) is 0 Å². The standard InChI is InChI=1S/C18H20BrNO4S/c1-3-16-20-14(11-25-16)9-18(22)24-15(10-17(21)23-4-2)12-5-7-13(19)8-6-12/h5-8,11,15H,3-4,9-10H2,1-2H3. The highest BCUT2D eigenvalue weighted by atomic mass is 79.9. The zero-order chi connectivity index (χ0) is 18.2. The number of carbonyl (C=O) groups excluding carboxylic acids is 2. The van der Waals surface area contributed by atoms with E-state index in [0.717, 1.165) is 21.5 Å². The third-order valence-corrected chi connectivity index (χ3v) is 4.97. The number of aromatic nitrogens is 1. The fourth-order valence-corrected chi connectivity index (χ4v) is 3.23. The maximum absolute atomic E-state index is 12.3. The second-order valence-electron chi connectivity index (χ2n) is 5.30. The predicted molar refractivity (Wildman–Crippen MR) is 99.4 cm³/mol. The summed E-state index contributed by atoms with van der Waals surface area (Å²) in [7, 11) is 0. The molecule has 1 heterocycles. The topological polar surface area (TPSA) is 65.5 Å². The number of ether oxygens (including phenoxy) is 2. The van der Waals surface area contributed by atoms with E-state index in [9.17, 15) is 9.59 Å². The van der Waals surface area contributed by atoms with E-state index >= 15 is 0 Å². The van der Waals surface area contributed by atoms with Gasteiger partial charge in [0.1, 0.15) is 6.10 Å². The number of nitrogens with zero attached hydrogens (tertiary/aromatic N) is 1. The van der Waals surface area contributed by atoms with Crippen molar-refractivity contribution >= 4 is 39.2 Å². The van der Waals surface area contributed by atoms with Crippen LogP contribution in [0.3, 0.4) is 0 Å². The molecule has 1 aromatic heterocycles. The van der Waals surface area contributed by atoms with Crippen molar-refractivity contribution in [2.75, 3.05) is 6.61 Å². The summed E-state index contributed by atoms with van der Waals surface area (Å²) in [6.07, 6.45) is 0.235. The Labute approximate surface area is 159 Å². The van der Waals surface area contributed by atoms with Crippen molar-refractivity contribution in [3.63, 3.8) is 0 Å². The highest BCUT2D eigenvalue weighted by molar-refractivity contribution is 9.10. The Bertz CT molecular complexity index is 714. The van der Waals surface area contributed by atoms with Crippen LogP contribution >= 0.6 is 27.3 Å². The first-order valence-corrected chi connectivity index (χ1v) is 9.72. The molecule has 7 heteroatoms. The van der Waals surface area contributed by atoms with E-state index in [1.165, 1.54) is 11.3 Å². The van der Waals surface area contributed by atoms with Gasteiger partial charge >= 0.3 is 11.9 Å². The molecule has 0 aliphatic carbocycles. The molecule has 0 saturated heterocycles. The first kappa shape index (κ1) is 19.6. The van der Waals surface area contributed by atoms with Crippen molar-refractivity contribution in [1.82, 2.24) is 4.98 Å². The van der Waals surface area contributed by atoms with Crippen LogP contribution in [0.15, 0.2) is 34.1 Å². The van der Waals surface area contributed by atoms with E-state index in [4.69, 9.17) is 9.47 Å². The fourth-order valence-electron chi connectivity index (χ4n) is 2.22. The first-order valence-electron chi connectivity index (χ1n) is 8.05. The lowest BCUT2D eigenvalue weighted by Gasteiger charge is -2.17. The summed E-state index contributed by atoms with van der Waals surface area (Å²) in [5.41, 5.74) is 1.44. The van der Waals surface area contributed by atoms with Crippen molar-refractivity contribution in [3.05, 3.63) is 50.4 Å². The molecule has 1 atom stereocenters. The van der Waals surface area contributed by atoms with Crippen LogP contribution in [0.5, 0.6) is 0 Å². The van der Waals surface area contributed by atoms with Crippen molar-refractivity contribution in [1.29, 1.82) is 0 Å². The normalized spacial score (nSPS) is 11.8. The highest BCUT2D eigenvalue weighted by Crippen LogP contribution is 2.24. The molecule has 2 aromatic rings. The molecule has 1 aromatic carbocycles. The molecule has 5 nitrogen and oxygen atoms in total. The quantitative estimate of drug-likeness (QED) is 0.591. The van der Waals surface area contributed by atoms with Crippen LogP contribution < -0.4 is 0 Å². The summed E-state index contributed by atoms with van der Waals surface area (Å²) >= 11 is 4.90. The SMILES string of the molecule is CCOC(=O)CC(OC(=O)Cc1csc(CC)n1)c1ccc(Br)cc1. The number of rotatable bonds is 8. The number of esters is 2. The molecule has 25 heavy (non-hydrogen) atoms. The average Bonchev–Trinajstić information content (AvgIpc) is 3.02. The average molecular weight is 426 g/mol. The highest BCUT2D eigenvalue weighted by Gasteiger charge is 2.22. The molecule has 0 amide bonds. The number of hydrogen-bond donors (Lipinski definition) is 0. The largest absolute Gasteiger partial charge is 0.466 e. The van der Waals surface area contributed by atoms with Crippen LogP contribution in [0.4, 0.5) is 0 Å². The number of hydrogen-bond acceptors (Lipinski definition) is 6. The molecular weight excluding hydrogens is 406 g/mol. The van der Waals surface area contributed by atoms with Gasteiger partial charge in [-0.1, -0.05) is 35.0 Å². The molecule has 134 valence electrons.